The van der Waals surface area contributed by atoms with Crippen LogP contribution in [0, 0.1) is 5.92 Å². The first-order valence-corrected chi connectivity index (χ1v) is 8.68. The minimum absolute atomic E-state index is 0.727. The molecule has 0 amide bonds. The molecule has 1 atom stereocenters. The Balaban J connectivity index is 2.23. The van der Waals surface area contributed by atoms with Gasteiger partial charge in [0.15, 0.2) is 0 Å². The van der Waals surface area contributed by atoms with Crippen LogP contribution in [0.5, 0.6) is 0 Å². The average molecular weight is 302 g/mol. The maximum Gasteiger partial charge on any atom is 0.328 e. The number of aliphatic carboxylic acids is 1. The van der Waals surface area contributed by atoms with Gasteiger partial charge in [0.05, 0.1) is 0 Å². The molecule has 22 heavy (non-hydrogen) atoms. The van der Waals surface area contributed by atoms with Gasteiger partial charge < -0.3 is 5.11 Å². The summed E-state index contributed by atoms with van der Waals surface area (Å²) >= 11 is 0. The topological polar surface area (TPSA) is 37.3 Å². The summed E-state index contributed by atoms with van der Waals surface area (Å²) in [5.74, 6) is -0.184. The molecule has 1 N–H and O–H groups in total. The van der Waals surface area contributed by atoms with Crippen LogP contribution in [0.2, 0.25) is 0 Å². The summed E-state index contributed by atoms with van der Waals surface area (Å²) < 4.78 is 0. The summed E-state index contributed by atoms with van der Waals surface area (Å²) in [5.41, 5.74) is 1.46. The molecule has 2 nitrogen and oxygen atoms in total. The van der Waals surface area contributed by atoms with E-state index in [0.29, 0.717) is 0 Å². The molecule has 0 saturated heterocycles. The molecule has 0 aliphatic heterocycles. The summed E-state index contributed by atoms with van der Waals surface area (Å²) in [6.45, 7) is 2.26. The number of rotatable bonds is 11. The van der Waals surface area contributed by atoms with Crippen molar-refractivity contribution in [2.75, 3.05) is 0 Å². The fourth-order valence-electron chi connectivity index (χ4n) is 2.90. The van der Waals surface area contributed by atoms with Crippen molar-refractivity contribution < 1.29 is 9.90 Å². The zero-order valence-electron chi connectivity index (χ0n) is 13.8. The van der Waals surface area contributed by atoms with Crippen molar-refractivity contribution in [2.24, 2.45) is 5.92 Å². The third kappa shape index (κ3) is 8.66. The highest BCUT2D eigenvalue weighted by molar-refractivity contribution is 5.80. The molecule has 0 saturated carbocycles. The van der Waals surface area contributed by atoms with E-state index in [1.54, 1.807) is 12.2 Å². The largest absolute Gasteiger partial charge is 0.478 e. The number of hydrogen-bond donors (Lipinski definition) is 1. The monoisotopic (exact) mass is 302 g/mol. The molecule has 0 fully saturated rings. The molecule has 1 rings (SSSR count). The number of carbonyl (C=O) groups is 1. The molecule has 0 radical (unpaired) electrons. The molecule has 1 aliphatic carbocycles. The molecule has 0 bridgehead atoms. The normalized spacial score (nSPS) is 18.8. The van der Waals surface area contributed by atoms with Crippen LogP contribution < -0.4 is 0 Å². The lowest BCUT2D eigenvalue weighted by atomic mass is 9.94. The predicted molar refractivity (Wildman–Crippen MR) is 93.9 cm³/mol. The summed E-state index contributed by atoms with van der Waals surface area (Å²) in [4.78, 5) is 10.3. The van der Waals surface area contributed by atoms with E-state index in [1.807, 2.05) is 12.2 Å². The van der Waals surface area contributed by atoms with E-state index < -0.39 is 5.97 Å². The number of allylic oxidation sites excluding steroid dienone is 7. The molecule has 0 unspecified atom stereocenters. The van der Waals surface area contributed by atoms with Crippen molar-refractivity contribution in [2.45, 2.75) is 64.7 Å². The number of hydrogen-bond acceptors (Lipinski definition) is 1. The fourth-order valence-corrected chi connectivity index (χ4v) is 2.90. The zero-order chi connectivity index (χ0) is 16.0. The number of carboxylic acid groups (broad SMARTS) is 1. The predicted octanol–water partition coefficient (Wildman–Crippen LogP) is 5.83. The molecule has 1 aliphatic rings. The van der Waals surface area contributed by atoms with E-state index in [9.17, 15) is 4.79 Å². The van der Waals surface area contributed by atoms with Crippen molar-refractivity contribution in [1.29, 1.82) is 0 Å². The summed E-state index contributed by atoms with van der Waals surface area (Å²) in [5, 5.41) is 8.48. The Morgan fingerprint density at radius 3 is 2.64 bits per heavy atom. The maximum absolute atomic E-state index is 10.3. The van der Waals surface area contributed by atoms with Gasteiger partial charge in [-0.3, -0.25) is 0 Å². The van der Waals surface area contributed by atoms with E-state index in [4.69, 9.17) is 5.11 Å². The Morgan fingerprint density at radius 1 is 1.14 bits per heavy atom. The van der Waals surface area contributed by atoms with E-state index in [2.05, 4.69) is 19.1 Å². The van der Waals surface area contributed by atoms with Gasteiger partial charge in [-0.15, -0.1) is 0 Å². The van der Waals surface area contributed by atoms with Crippen molar-refractivity contribution in [3.8, 4) is 0 Å². The van der Waals surface area contributed by atoms with Crippen LogP contribution in [-0.4, -0.2) is 11.1 Å². The second-order valence-corrected chi connectivity index (χ2v) is 5.98. The van der Waals surface area contributed by atoms with Crippen LogP contribution in [0.1, 0.15) is 64.7 Å². The molecule has 0 aromatic rings. The average Bonchev–Trinajstić information content (AvgIpc) is 2.93. The van der Waals surface area contributed by atoms with Crippen molar-refractivity contribution in [3.63, 3.8) is 0 Å². The lowest BCUT2D eigenvalue weighted by Gasteiger charge is -2.11. The summed E-state index contributed by atoms with van der Waals surface area (Å²) in [6.07, 6.45) is 24.8. The SMILES string of the molecule is CCCCCCCC[C@H]1CCC=C1C=C/C=C/C=C\C(=O)O. The van der Waals surface area contributed by atoms with Crippen LogP contribution in [0.25, 0.3) is 0 Å². The molecule has 0 aromatic heterocycles. The van der Waals surface area contributed by atoms with Gasteiger partial charge in [-0.1, -0.05) is 81.9 Å². The van der Waals surface area contributed by atoms with Crippen molar-refractivity contribution >= 4 is 5.97 Å². The molecule has 2 heteroatoms. The Hall–Kier alpha value is -1.57. The first kappa shape index (κ1) is 18.5. The second-order valence-electron chi connectivity index (χ2n) is 5.98. The smallest absolute Gasteiger partial charge is 0.328 e. The van der Waals surface area contributed by atoms with Gasteiger partial charge in [-0.2, -0.15) is 0 Å². The third-order valence-corrected chi connectivity index (χ3v) is 4.13. The Kier molecular flexibility index (Phi) is 10.1. The molecule has 0 spiro atoms. The quantitative estimate of drug-likeness (QED) is 0.296. The molecular formula is C20H30O2. The molecular weight excluding hydrogens is 272 g/mol. The lowest BCUT2D eigenvalue weighted by molar-refractivity contribution is -0.131. The van der Waals surface area contributed by atoms with Crippen LogP contribution >= 0.6 is 0 Å². The van der Waals surface area contributed by atoms with Crippen LogP contribution in [0.15, 0.2) is 48.1 Å². The number of unbranched alkanes of at least 4 members (excludes halogenated alkanes) is 5. The first-order valence-electron chi connectivity index (χ1n) is 8.68. The second kappa shape index (κ2) is 12.0. The molecule has 122 valence electrons. The summed E-state index contributed by atoms with van der Waals surface area (Å²) in [7, 11) is 0. The van der Waals surface area contributed by atoms with Gasteiger partial charge in [-0.25, -0.2) is 4.79 Å². The highest BCUT2D eigenvalue weighted by Gasteiger charge is 2.16. The highest BCUT2D eigenvalue weighted by Crippen LogP contribution is 2.31. The number of carboxylic acids is 1. The van der Waals surface area contributed by atoms with Gasteiger partial charge in [0.1, 0.15) is 0 Å². The van der Waals surface area contributed by atoms with Crippen LogP contribution in [-0.2, 0) is 4.79 Å². The lowest BCUT2D eigenvalue weighted by Crippen LogP contribution is -1.97. The third-order valence-electron chi connectivity index (χ3n) is 4.13. The minimum Gasteiger partial charge on any atom is -0.478 e. The van der Waals surface area contributed by atoms with Crippen LogP contribution in [0.3, 0.4) is 0 Å². The van der Waals surface area contributed by atoms with Gasteiger partial charge >= 0.3 is 5.97 Å². The van der Waals surface area contributed by atoms with Gasteiger partial charge in [0.2, 0.25) is 0 Å². The van der Waals surface area contributed by atoms with E-state index in [-0.39, 0.29) is 0 Å². The van der Waals surface area contributed by atoms with Crippen LogP contribution in [0.4, 0.5) is 0 Å². The minimum atomic E-state index is -0.911. The maximum atomic E-state index is 10.3. The molecule has 0 aromatic carbocycles. The standard InChI is InChI=1S/C20H30O2/c1-2-3-4-5-6-9-13-18-15-12-16-19(18)14-10-7-8-11-17-20(21)22/h7-8,10-11,14,16-18H,2-6,9,12-13,15H2,1H3,(H,21,22)/b8-7+,14-10?,17-11-/t18-/m0/s1. The van der Waals surface area contributed by atoms with Gasteiger partial charge in [0.25, 0.3) is 0 Å². The zero-order valence-corrected chi connectivity index (χ0v) is 13.8. The van der Waals surface area contributed by atoms with Gasteiger partial charge in [-0.05, 0) is 30.8 Å². The van der Waals surface area contributed by atoms with Crippen molar-refractivity contribution in [3.05, 3.63) is 48.1 Å². The van der Waals surface area contributed by atoms with E-state index >= 15 is 0 Å². The van der Waals surface area contributed by atoms with Gasteiger partial charge in [0, 0.05) is 6.08 Å². The van der Waals surface area contributed by atoms with E-state index in [0.717, 1.165) is 12.0 Å². The first-order chi connectivity index (χ1) is 10.7. The Morgan fingerprint density at radius 2 is 1.86 bits per heavy atom. The Labute approximate surface area is 135 Å². The summed E-state index contributed by atoms with van der Waals surface area (Å²) in [6, 6.07) is 0. The highest BCUT2D eigenvalue weighted by atomic mass is 16.4. The van der Waals surface area contributed by atoms with Crippen molar-refractivity contribution in [1.82, 2.24) is 0 Å². The molecule has 0 heterocycles. The van der Waals surface area contributed by atoms with E-state index in [1.165, 1.54) is 63.4 Å². The fraction of sp³-hybridized carbons (Fsp3) is 0.550. The Bertz CT molecular complexity index is 427.